The first-order valence-electron chi connectivity index (χ1n) is 6.69. The van der Waals surface area contributed by atoms with Crippen LogP contribution in [0.3, 0.4) is 0 Å². The number of hydrogen-bond acceptors (Lipinski definition) is 3. The highest BCUT2D eigenvalue weighted by molar-refractivity contribution is 9.10. The minimum atomic E-state index is -0.970. The van der Waals surface area contributed by atoms with Gasteiger partial charge in [0.05, 0.1) is 18.6 Å². The molecule has 0 radical (unpaired) electrons. The van der Waals surface area contributed by atoms with Crippen molar-refractivity contribution in [3.63, 3.8) is 0 Å². The number of carbonyl (C=O) groups is 2. The summed E-state index contributed by atoms with van der Waals surface area (Å²) in [4.78, 5) is 25.8. The van der Waals surface area contributed by atoms with Crippen LogP contribution in [-0.2, 0) is 14.3 Å². The highest BCUT2D eigenvalue weighted by Crippen LogP contribution is 2.52. The molecule has 3 aliphatic heterocycles. The zero-order valence-corrected chi connectivity index (χ0v) is 12.5. The Hall–Kier alpha value is -1.66. The number of halogens is 1. The van der Waals surface area contributed by atoms with Crippen molar-refractivity contribution >= 4 is 33.5 Å². The maximum atomic E-state index is 12.7. The largest absolute Gasteiger partial charge is 0.481 e. The molecule has 108 valence electrons. The predicted molar refractivity (Wildman–Crippen MR) is 77.9 cm³/mol. The van der Waals surface area contributed by atoms with Gasteiger partial charge >= 0.3 is 5.97 Å². The molecule has 2 fully saturated rings. The number of rotatable bonds is 2. The van der Waals surface area contributed by atoms with Crippen LogP contribution in [0.15, 0.2) is 40.9 Å². The van der Waals surface area contributed by atoms with Crippen LogP contribution < -0.4 is 4.90 Å². The van der Waals surface area contributed by atoms with Gasteiger partial charge in [-0.2, -0.15) is 0 Å². The predicted octanol–water partition coefficient (Wildman–Crippen LogP) is 1.82. The lowest BCUT2D eigenvalue weighted by Gasteiger charge is -2.21. The third kappa shape index (κ3) is 1.66. The lowest BCUT2D eigenvalue weighted by atomic mass is 9.77. The zero-order chi connectivity index (χ0) is 14.8. The summed E-state index contributed by atoms with van der Waals surface area (Å²) in [6.07, 6.45) is 3.15. The summed E-state index contributed by atoms with van der Waals surface area (Å²) in [6, 6.07) is 7.39. The fourth-order valence-corrected chi connectivity index (χ4v) is 3.88. The maximum Gasteiger partial charge on any atom is 0.310 e. The molecule has 3 heterocycles. The first kappa shape index (κ1) is 13.0. The molecule has 0 unspecified atom stereocenters. The molecule has 0 saturated carbocycles. The topological polar surface area (TPSA) is 66.8 Å². The molecule has 1 spiro atoms. The fraction of sp³-hybridized carbons (Fsp3) is 0.333. The van der Waals surface area contributed by atoms with E-state index in [0.29, 0.717) is 6.54 Å². The normalized spacial score (nSPS) is 36.3. The summed E-state index contributed by atoms with van der Waals surface area (Å²) in [5.41, 5.74) is -0.0192. The summed E-state index contributed by atoms with van der Waals surface area (Å²) >= 11 is 3.36. The third-order valence-electron chi connectivity index (χ3n) is 4.52. The lowest BCUT2D eigenvalue weighted by Crippen LogP contribution is -2.39. The van der Waals surface area contributed by atoms with Gasteiger partial charge in [-0.05, 0) is 24.3 Å². The van der Waals surface area contributed by atoms with Crippen molar-refractivity contribution in [1.82, 2.24) is 0 Å². The summed E-state index contributed by atoms with van der Waals surface area (Å²) in [6.45, 7) is 0.370. The number of anilines is 1. The Balaban J connectivity index is 1.73. The van der Waals surface area contributed by atoms with Gasteiger partial charge in [-0.15, -0.1) is 0 Å². The Morgan fingerprint density at radius 1 is 1.38 bits per heavy atom. The molecule has 0 aromatic heterocycles. The Kier molecular flexibility index (Phi) is 2.59. The molecule has 1 amide bonds. The van der Waals surface area contributed by atoms with Crippen LogP contribution in [0.4, 0.5) is 5.69 Å². The standard InChI is InChI=1S/C15H12BrNO4/c16-8-1-3-9(4-2-8)17-7-15-6-5-10(21-15)11(14(19)20)12(15)13(17)18/h1-6,10-12H,7H2,(H,19,20)/t10-,11+,12-,15+/m0/s1. The summed E-state index contributed by atoms with van der Waals surface area (Å²) in [7, 11) is 0. The number of amides is 1. The average Bonchev–Trinajstić information content (AvgIpc) is 3.08. The summed E-state index contributed by atoms with van der Waals surface area (Å²) < 4.78 is 6.77. The number of benzene rings is 1. The highest BCUT2D eigenvalue weighted by Gasteiger charge is 2.67. The number of carbonyl (C=O) groups excluding carboxylic acids is 1. The summed E-state index contributed by atoms with van der Waals surface area (Å²) in [5.74, 6) is -2.56. The third-order valence-corrected chi connectivity index (χ3v) is 5.05. The van der Waals surface area contributed by atoms with Gasteiger partial charge in [0, 0.05) is 10.2 Å². The molecule has 1 aromatic carbocycles. The van der Waals surface area contributed by atoms with Gasteiger partial charge in [-0.3, -0.25) is 9.59 Å². The van der Waals surface area contributed by atoms with Gasteiger partial charge in [0.25, 0.3) is 0 Å². The van der Waals surface area contributed by atoms with Crippen LogP contribution >= 0.6 is 15.9 Å². The first-order chi connectivity index (χ1) is 10.0. The molecule has 4 rings (SSSR count). The smallest absolute Gasteiger partial charge is 0.310 e. The molecule has 2 saturated heterocycles. The van der Waals surface area contributed by atoms with E-state index in [1.807, 2.05) is 30.3 Å². The minimum absolute atomic E-state index is 0.170. The second kappa shape index (κ2) is 4.18. The number of carboxylic acids is 1. The minimum Gasteiger partial charge on any atom is -0.481 e. The van der Waals surface area contributed by atoms with Gasteiger partial charge in [0.2, 0.25) is 5.91 Å². The Morgan fingerprint density at radius 2 is 2.10 bits per heavy atom. The van der Waals surface area contributed by atoms with E-state index >= 15 is 0 Å². The second-order valence-corrected chi connectivity index (χ2v) is 6.55. The molecule has 3 aliphatic rings. The molecule has 5 nitrogen and oxygen atoms in total. The van der Waals surface area contributed by atoms with Crippen molar-refractivity contribution in [2.24, 2.45) is 11.8 Å². The van der Waals surface area contributed by atoms with Crippen molar-refractivity contribution in [2.45, 2.75) is 11.7 Å². The van der Waals surface area contributed by atoms with Crippen LogP contribution in [-0.4, -0.2) is 35.2 Å². The Morgan fingerprint density at radius 3 is 2.76 bits per heavy atom. The molecule has 4 atom stereocenters. The lowest BCUT2D eigenvalue weighted by molar-refractivity contribution is -0.146. The first-order valence-corrected chi connectivity index (χ1v) is 7.48. The summed E-state index contributed by atoms with van der Waals surface area (Å²) in [5, 5.41) is 9.40. The molecule has 1 aromatic rings. The average molecular weight is 350 g/mol. The Bertz CT molecular complexity index is 671. The van der Waals surface area contributed by atoms with Gasteiger partial charge in [-0.25, -0.2) is 0 Å². The second-order valence-electron chi connectivity index (χ2n) is 5.64. The number of carboxylic acid groups (broad SMARTS) is 1. The van der Waals surface area contributed by atoms with Crippen molar-refractivity contribution in [3.8, 4) is 0 Å². The molecular formula is C15H12BrNO4. The molecule has 6 heteroatoms. The van der Waals surface area contributed by atoms with E-state index in [9.17, 15) is 14.7 Å². The van der Waals surface area contributed by atoms with E-state index in [2.05, 4.69) is 15.9 Å². The number of ether oxygens (including phenoxy) is 1. The number of aliphatic carboxylic acids is 1. The molecular weight excluding hydrogens is 338 g/mol. The van der Waals surface area contributed by atoms with E-state index in [4.69, 9.17) is 4.74 Å². The van der Waals surface area contributed by atoms with E-state index in [0.717, 1.165) is 10.2 Å². The van der Waals surface area contributed by atoms with E-state index in [-0.39, 0.29) is 5.91 Å². The van der Waals surface area contributed by atoms with Crippen LogP contribution in [0, 0.1) is 11.8 Å². The zero-order valence-electron chi connectivity index (χ0n) is 10.9. The quantitative estimate of drug-likeness (QED) is 0.827. The van der Waals surface area contributed by atoms with E-state index in [1.54, 1.807) is 11.0 Å². The van der Waals surface area contributed by atoms with Gasteiger partial charge in [-0.1, -0.05) is 28.1 Å². The van der Waals surface area contributed by atoms with Crippen molar-refractivity contribution in [3.05, 3.63) is 40.9 Å². The van der Waals surface area contributed by atoms with Crippen LogP contribution in [0.5, 0.6) is 0 Å². The fourth-order valence-electron chi connectivity index (χ4n) is 3.62. The number of fused-ring (bicyclic) bond motifs is 1. The van der Waals surface area contributed by atoms with Crippen LogP contribution in [0.1, 0.15) is 0 Å². The van der Waals surface area contributed by atoms with Gasteiger partial charge in [0.1, 0.15) is 11.5 Å². The van der Waals surface area contributed by atoms with Crippen LogP contribution in [0.2, 0.25) is 0 Å². The van der Waals surface area contributed by atoms with E-state index in [1.165, 1.54) is 0 Å². The maximum absolute atomic E-state index is 12.7. The van der Waals surface area contributed by atoms with Crippen molar-refractivity contribution < 1.29 is 19.4 Å². The highest BCUT2D eigenvalue weighted by atomic mass is 79.9. The number of hydrogen-bond donors (Lipinski definition) is 1. The molecule has 0 aliphatic carbocycles. The van der Waals surface area contributed by atoms with Gasteiger partial charge < -0.3 is 14.7 Å². The van der Waals surface area contributed by atoms with E-state index < -0.39 is 29.5 Å². The molecule has 21 heavy (non-hydrogen) atoms. The van der Waals surface area contributed by atoms with Gasteiger partial charge in [0.15, 0.2) is 0 Å². The van der Waals surface area contributed by atoms with Crippen molar-refractivity contribution in [1.29, 1.82) is 0 Å². The van der Waals surface area contributed by atoms with Crippen molar-refractivity contribution in [2.75, 3.05) is 11.4 Å². The number of nitrogens with zero attached hydrogens (tertiary/aromatic N) is 1. The van der Waals surface area contributed by atoms with Crippen LogP contribution in [0.25, 0.3) is 0 Å². The monoisotopic (exact) mass is 349 g/mol. The SMILES string of the molecule is O=C(O)[C@@H]1[C@@H]2C=C[C@]3(CN(c4ccc(Br)cc4)C(=O)[C@H]13)O2. The molecule has 2 bridgehead atoms. The Labute approximate surface area is 129 Å². The molecule has 1 N–H and O–H groups in total.